The number of benzene rings is 7. The fraction of sp³-hybridized carbons (Fsp3) is 0.143. The molecule has 0 heterocycles. The second-order valence-electron chi connectivity index (χ2n) is 11.6. The summed E-state index contributed by atoms with van der Waals surface area (Å²) in [5, 5.41) is 16.5. The van der Waals surface area contributed by atoms with E-state index in [-0.39, 0.29) is 0 Å². The van der Waals surface area contributed by atoms with Crippen molar-refractivity contribution in [1.29, 1.82) is 5.26 Å². The fourth-order valence-corrected chi connectivity index (χ4v) is 6.05. The first-order chi connectivity index (χ1) is 22.7. The Kier molecular flexibility index (Phi) is 8.56. The molecule has 7 aromatic rings. The molecule has 0 spiro atoms. The molecule has 0 bridgehead atoms. The maximum absolute atomic E-state index is 8.97. The molecule has 0 amide bonds. The standard InChI is InChI=1S/C42H34N2O2/c43-28-30-8-12-32(13-9-30)33-16-22-38(23-17-33)46-27-4-2-1-3-26-45-37-20-10-31(11-21-37)29-44-40-25-19-36-15-14-34-6-5-7-35-18-24-39(40)42(36)41(34)35/h5-25,29H,1-4,26-27H2. The lowest BCUT2D eigenvalue weighted by Gasteiger charge is -2.12. The van der Waals surface area contributed by atoms with Crippen molar-refractivity contribution in [2.45, 2.75) is 25.7 Å². The molecule has 0 radical (unpaired) electrons. The van der Waals surface area contributed by atoms with E-state index in [1.807, 2.05) is 54.7 Å². The van der Waals surface area contributed by atoms with Crippen LogP contribution < -0.4 is 9.47 Å². The van der Waals surface area contributed by atoms with Gasteiger partial charge in [-0.15, -0.1) is 0 Å². The van der Waals surface area contributed by atoms with Gasteiger partial charge >= 0.3 is 0 Å². The number of hydrogen-bond acceptors (Lipinski definition) is 4. The maximum Gasteiger partial charge on any atom is 0.119 e. The Labute approximate surface area is 269 Å². The van der Waals surface area contributed by atoms with Crippen molar-refractivity contribution in [1.82, 2.24) is 0 Å². The van der Waals surface area contributed by atoms with Gasteiger partial charge in [-0.25, -0.2) is 0 Å². The molecule has 0 atom stereocenters. The van der Waals surface area contributed by atoms with Crippen LogP contribution in [-0.4, -0.2) is 19.4 Å². The van der Waals surface area contributed by atoms with E-state index in [0.29, 0.717) is 18.8 Å². The minimum atomic E-state index is 0.669. The molecule has 7 aromatic carbocycles. The zero-order chi connectivity index (χ0) is 31.1. The van der Waals surface area contributed by atoms with Gasteiger partial charge < -0.3 is 9.47 Å². The van der Waals surface area contributed by atoms with Crippen LogP contribution in [0.4, 0.5) is 5.69 Å². The predicted molar refractivity (Wildman–Crippen MR) is 190 cm³/mol. The molecule has 0 aliphatic heterocycles. The first kappa shape index (κ1) is 29.1. The summed E-state index contributed by atoms with van der Waals surface area (Å²) in [6.07, 6.45) is 6.16. The molecule has 4 heteroatoms. The van der Waals surface area contributed by atoms with Crippen LogP contribution in [0, 0.1) is 11.3 Å². The molecule has 4 nitrogen and oxygen atoms in total. The quantitative estimate of drug-likeness (QED) is 0.0799. The molecule has 224 valence electrons. The van der Waals surface area contributed by atoms with Crippen molar-refractivity contribution >= 4 is 44.2 Å². The summed E-state index contributed by atoms with van der Waals surface area (Å²) < 4.78 is 11.9. The molecular weight excluding hydrogens is 564 g/mol. The van der Waals surface area contributed by atoms with Crippen molar-refractivity contribution in [2.75, 3.05) is 13.2 Å². The third-order valence-electron chi connectivity index (χ3n) is 8.52. The zero-order valence-electron chi connectivity index (χ0n) is 25.7. The molecule has 0 unspecified atom stereocenters. The Hall–Kier alpha value is -5.66. The molecule has 0 aliphatic carbocycles. The van der Waals surface area contributed by atoms with Crippen LogP contribution in [0.2, 0.25) is 0 Å². The van der Waals surface area contributed by atoms with Gasteiger partial charge in [-0.05, 0) is 124 Å². The molecule has 0 saturated carbocycles. The van der Waals surface area contributed by atoms with Gasteiger partial charge in [0.15, 0.2) is 0 Å². The van der Waals surface area contributed by atoms with E-state index in [1.165, 1.54) is 32.3 Å². The summed E-state index contributed by atoms with van der Waals surface area (Å²) >= 11 is 0. The largest absolute Gasteiger partial charge is 0.494 e. The first-order valence-corrected chi connectivity index (χ1v) is 15.9. The third-order valence-corrected chi connectivity index (χ3v) is 8.52. The Morgan fingerprint density at radius 3 is 1.72 bits per heavy atom. The average Bonchev–Trinajstić information content (AvgIpc) is 3.12. The second-order valence-corrected chi connectivity index (χ2v) is 11.6. The van der Waals surface area contributed by atoms with E-state index >= 15 is 0 Å². The van der Waals surface area contributed by atoms with E-state index in [1.54, 1.807) is 0 Å². The topological polar surface area (TPSA) is 54.6 Å². The minimum absolute atomic E-state index is 0.669. The van der Waals surface area contributed by atoms with Crippen molar-refractivity contribution in [2.24, 2.45) is 4.99 Å². The van der Waals surface area contributed by atoms with E-state index in [2.05, 4.69) is 84.9 Å². The summed E-state index contributed by atoms with van der Waals surface area (Å²) in [4.78, 5) is 4.88. The van der Waals surface area contributed by atoms with Gasteiger partial charge in [-0.3, -0.25) is 4.99 Å². The van der Waals surface area contributed by atoms with Gasteiger partial charge in [0.05, 0.1) is 30.5 Å². The first-order valence-electron chi connectivity index (χ1n) is 15.9. The van der Waals surface area contributed by atoms with E-state index < -0.39 is 0 Å². The molecule has 0 fully saturated rings. The van der Waals surface area contributed by atoms with Crippen molar-refractivity contribution in [3.8, 4) is 28.7 Å². The van der Waals surface area contributed by atoms with Crippen LogP contribution in [0.3, 0.4) is 0 Å². The molecule has 0 aliphatic rings. The van der Waals surface area contributed by atoms with E-state index in [4.69, 9.17) is 19.7 Å². The van der Waals surface area contributed by atoms with Crippen LogP contribution in [0.25, 0.3) is 43.4 Å². The Balaban J connectivity index is 0.839. The van der Waals surface area contributed by atoms with Crippen molar-refractivity contribution in [3.05, 3.63) is 139 Å². The highest BCUT2D eigenvalue weighted by atomic mass is 16.5. The lowest BCUT2D eigenvalue weighted by Crippen LogP contribution is -2.00. The maximum atomic E-state index is 8.97. The van der Waals surface area contributed by atoms with Gasteiger partial charge in [-0.2, -0.15) is 5.26 Å². The SMILES string of the molecule is N#Cc1ccc(-c2ccc(OCCCCCCOc3ccc(C=Nc4ccc5ccc6cccc7ccc4c5c67)cc3)cc2)cc1. The Morgan fingerprint density at radius 1 is 0.543 bits per heavy atom. The van der Waals surface area contributed by atoms with Gasteiger partial charge in [0.25, 0.3) is 0 Å². The number of nitrogens with zero attached hydrogens (tertiary/aromatic N) is 2. The zero-order valence-corrected chi connectivity index (χ0v) is 25.7. The van der Waals surface area contributed by atoms with Gasteiger partial charge in [0.1, 0.15) is 11.5 Å². The van der Waals surface area contributed by atoms with E-state index in [9.17, 15) is 0 Å². The average molecular weight is 599 g/mol. The molecular formula is C42H34N2O2. The highest BCUT2D eigenvalue weighted by Gasteiger charge is 2.10. The lowest BCUT2D eigenvalue weighted by atomic mass is 9.93. The van der Waals surface area contributed by atoms with Crippen LogP contribution in [0.15, 0.2) is 132 Å². The molecule has 7 rings (SSSR count). The predicted octanol–water partition coefficient (Wildman–Crippen LogP) is 10.9. The highest BCUT2D eigenvalue weighted by molar-refractivity contribution is 6.25. The van der Waals surface area contributed by atoms with Crippen LogP contribution in [-0.2, 0) is 0 Å². The van der Waals surface area contributed by atoms with Crippen LogP contribution in [0.5, 0.6) is 11.5 Å². The van der Waals surface area contributed by atoms with Crippen LogP contribution >= 0.6 is 0 Å². The fourth-order valence-electron chi connectivity index (χ4n) is 6.05. The summed E-state index contributed by atoms with van der Waals surface area (Å²) in [6.45, 7) is 1.41. The minimum Gasteiger partial charge on any atom is -0.494 e. The number of rotatable bonds is 12. The molecule has 0 aromatic heterocycles. The van der Waals surface area contributed by atoms with Crippen molar-refractivity contribution in [3.63, 3.8) is 0 Å². The Bertz CT molecular complexity index is 2130. The molecule has 0 N–H and O–H groups in total. The number of ether oxygens (including phenoxy) is 2. The smallest absolute Gasteiger partial charge is 0.119 e. The van der Waals surface area contributed by atoms with Crippen LogP contribution in [0.1, 0.15) is 36.8 Å². The molecule has 0 saturated heterocycles. The highest BCUT2D eigenvalue weighted by Crippen LogP contribution is 2.38. The van der Waals surface area contributed by atoms with Gasteiger partial charge in [0.2, 0.25) is 0 Å². The monoisotopic (exact) mass is 598 g/mol. The normalized spacial score (nSPS) is 11.5. The number of nitriles is 1. The summed E-state index contributed by atoms with van der Waals surface area (Å²) in [7, 11) is 0. The number of hydrogen-bond donors (Lipinski definition) is 0. The van der Waals surface area contributed by atoms with Gasteiger partial charge in [0, 0.05) is 11.6 Å². The molecule has 46 heavy (non-hydrogen) atoms. The summed E-state index contributed by atoms with van der Waals surface area (Å²) in [6, 6.07) is 45.6. The van der Waals surface area contributed by atoms with E-state index in [0.717, 1.165) is 59.6 Å². The second kappa shape index (κ2) is 13.5. The summed E-state index contributed by atoms with van der Waals surface area (Å²) in [5.74, 6) is 1.76. The Morgan fingerprint density at radius 2 is 1.09 bits per heavy atom. The van der Waals surface area contributed by atoms with Gasteiger partial charge in [-0.1, -0.05) is 72.8 Å². The van der Waals surface area contributed by atoms with Crippen molar-refractivity contribution < 1.29 is 9.47 Å². The lowest BCUT2D eigenvalue weighted by molar-refractivity contribution is 0.287. The number of unbranched alkanes of at least 4 members (excludes halogenated alkanes) is 3. The summed E-state index contributed by atoms with van der Waals surface area (Å²) in [5.41, 5.74) is 4.90. The number of aliphatic imine (C=N–C) groups is 1. The third kappa shape index (κ3) is 6.41.